The zero-order valence-corrected chi connectivity index (χ0v) is 7.75. The number of hydrazine groups is 1. The molecule has 1 rings (SSSR count). The van der Waals surface area contributed by atoms with Crippen molar-refractivity contribution in [2.24, 2.45) is 5.84 Å². The Morgan fingerprint density at radius 1 is 1.33 bits per heavy atom. The molecule has 5 N–H and O–H groups in total. The number of halogens is 1. The number of rotatable bonds is 2. The van der Waals surface area contributed by atoms with Crippen LogP contribution in [-0.2, 0) is 0 Å². The molecule has 0 aliphatic rings. The highest BCUT2D eigenvalue weighted by molar-refractivity contribution is 9.10. The minimum absolute atomic E-state index is 0.386. The summed E-state index contributed by atoms with van der Waals surface area (Å²) in [6.45, 7) is 0. The van der Waals surface area contributed by atoms with Gasteiger partial charge in [0.05, 0.1) is 0 Å². The molecule has 0 heterocycles. The van der Waals surface area contributed by atoms with Crippen molar-refractivity contribution in [2.45, 2.75) is 0 Å². The van der Waals surface area contributed by atoms with E-state index in [1.165, 1.54) is 0 Å². The molecule has 6 heteroatoms. The maximum atomic E-state index is 8.83. The lowest BCUT2D eigenvalue weighted by atomic mass is 9.80. The molecule has 0 amide bonds. The van der Waals surface area contributed by atoms with Gasteiger partial charge in [-0.25, -0.2) is 0 Å². The molecule has 0 aliphatic heterocycles. The predicted octanol–water partition coefficient (Wildman–Crippen LogP) is -0.585. The lowest BCUT2D eigenvalue weighted by molar-refractivity contribution is 0.426. The molecular weight excluding hydrogens is 223 g/mol. The molecule has 0 saturated heterocycles. The van der Waals surface area contributed by atoms with E-state index in [2.05, 4.69) is 21.4 Å². The standard InChI is InChI=1S/C6H8BBrN2O2/c8-5-1-4(7(11)12)2-6(3-5)10-9/h1-3,10-12H,9H2. The molecule has 1 aromatic rings. The third-order valence-electron chi connectivity index (χ3n) is 1.38. The molecule has 12 heavy (non-hydrogen) atoms. The second-order valence-corrected chi connectivity index (χ2v) is 3.21. The van der Waals surface area contributed by atoms with Gasteiger partial charge in [0.15, 0.2) is 0 Å². The number of nitrogens with two attached hydrogens (primary N) is 1. The smallest absolute Gasteiger partial charge is 0.423 e. The second-order valence-electron chi connectivity index (χ2n) is 2.29. The maximum absolute atomic E-state index is 8.83. The van der Waals surface area contributed by atoms with E-state index in [0.29, 0.717) is 11.2 Å². The van der Waals surface area contributed by atoms with Crippen LogP contribution in [0.1, 0.15) is 0 Å². The number of nitrogens with one attached hydrogen (secondary N) is 1. The molecule has 64 valence electrons. The van der Waals surface area contributed by atoms with Gasteiger partial charge in [-0.1, -0.05) is 15.9 Å². The summed E-state index contributed by atoms with van der Waals surface area (Å²) in [5.74, 6) is 5.15. The maximum Gasteiger partial charge on any atom is 0.488 e. The van der Waals surface area contributed by atoms with E-state index in [4.69, 9.17) is 15.9 Å². The first kappa shape index (κ1) is 9.53. The SMILES string of the molecule is NNc1cc(Br)cc(B(O)O)c1. The van der Waals surface area contributed by atoms with Crippen molar-refractivity contribution in [3.05, 3.63) is 22.7 Å². The molecule has 0 bridgehead atoms. The van der Waals surface area contributed by atoms with E-state index >= 15 is 0 Å². The monoisotopic (exact) mass is 230 g/mol. The third-order valence-corrected chi connectivity index (χ3v) is 1.84. The Hall–Kier alpha value is -0.555. The summed E-state index contributed by atoms with van der Waals surface area (Å²) in [5.41, 5.74) is 3.42. The minimum atomic E-state index is -1.48. The Kier molecular flexibility index (Phi) is 3.10. The summed E-state index contributed by atoms with van der Waals surface area (Å²) in [6, 6.07) is 4.88. The fourth-order valence-corrected chi connectivity index (χ4v) is 1.36. The van der Waals surface area contributed by atoms with E-state index < -0.39 is 7.12 Å². The second kappa shape index (κ2) is 3.91. The molecule has 0 atom stereocenters. The van der Waals surface area contributed by atoms with Crippen LogP contribution >= 0.6 is 15.9 Å². The van der Waals surface area contributed by atoms with Crippen LogP contribution < -0.4 is 16.7 Å². The number of nitrogen functional groups attached to an aromatic ring is 1. The molecule has 0 fully saturated rings. The highest BCUT2D eigenvalue weighted by atomic mass is 79.9. The number of anilines is 1. The van der Waals surface area contributed by atoms with Crippen molar-refractivity contribution in [1.82, 2.24) is 0 Å². The number of hydrogen-bond acceptors (Lipinski definition) is 4. The van der Waals surface area contributed by atoms with Gasteiger partial charge in [0.1, 0.15) is 0 Å². The molecular formula is C6H8BBrN2O2. The minimum Gasteiger partial charge on any atom is -0.423 e. The van der Waals surface area contributed by atoms with Crippen molar-refractivity contribution in [1.29, 1.82) is 0 Å². The van der Waals surface area contributed by atoms with Crippen molar-refractivity contribution in [3.63, 3.8) is 0 Å². The predicted molar refractivity (Wildman–Crippen MR) is 51.8 cm³/mol. The Balaban J connectivity index is 3.06. The van der Waals surface area contributed by atoms with Gasteiger partial charge in [0, 0.05) is 10.2 Å². The van der Waals surface area contributed by atoms with Gasteiger partial charge in [-0.15, -0.1) is 0 Å². The molecule has 0 saturated carbocycles. The van der Waals surface area contributed by atoms with E-state index in [0.717, 1.165) is 4.47 Å². The Morgan fingerprint density at radius 2 is 2.00 bits per heavy atom. The van der Waals surface area contributed by atoms with Crippen LogP contribution in [0.25, 0.3) is 0 Å². The van der Waals surface area contributed by atoms with E-state index in [1.54, 1.807) is 18.2 Å². The topological polar surface area (TPSA) is 78.5 Å². The van der Waals surface area contributed by atoms with Crippen LogP contribution in [0.15, 0.2) is 22.7 Å². The first-order valence-corrected chi connectivity index (χ1v) is 4.06. The van der Waals surface area contributed by atoms with Crippen molar-refractivity contribution < 1.29 is 10.0 Å². The molecule has 0 aliphatic carbocycles. The Bertz CT molecular complexity index is 282. The van der Waals surface area contributed by atoms with Crippen molar-refractivity contribution >= 4 is 34.2 Å². The average molecular weight is 231 g/mol. The van der Waals surface area contributed by atoms with Gasteiger partial charge < -0.3 is 15.5 Å². The summed E-state index contributed by atoms with van der Waals surface area (Å²) in [5, 5.41) is 17.7. The van der Waals surface area contributed by atoms with E-state index in [9.17, 15) is 0 Å². The summed E-state index contributed by atoms with van der Waals surface area (Å²) < 4.78 is 0.737. The molecule has 0 aromatic heterocycles. The first-order valence-electron chi connectivity index (χ1n) is 3.26. The van der Waals surface area contributed by atoms with Crippen molar-refractivity contribution in [3.8, 4) is 0 Å². The summed E-state index contributed by atoms with van der Waals surface area (Å²) in [7, 11) is -1.48. The average Bonchev–Trinajstić information content (AvgIpc) is 2.03. The van der Waals surface area contributed by atoms with Gasteiger partial charge >= 0.3 is 7.12 Å². The number of hydrogen-bond donors (Lipinski definition) is 4. The van der Waals surface area contributed by atoms with E-state index in [1.807, 2.05) is 0 Å². The fourth-order valence-electron chi connectivity index (χ4n) is 0.845. The van der Waals surface area contributed by atoms with Crippen molar-refractivity contribution in [2.75, 3.05) is 5.43 Å². The zero-order chi connectivity index (χ0) is 9.14. The fraction of sp³-hybridized carbons (Fsp3) is 0. The number of benzene rings is 1. The Labute approximate surface area is 78.6 Å². The molecule has 0 unspecified atom stereocenters. The summed E-state index contributed by atoms with van der Waals surface area (Å²) >= 11 is 3.20. The Morgan fingerprint density at radius 3 is 2.50 bits per heavy atom. The van der Waals surface area contributed by atoms with Crippen LogP contribution in [-0.4, -0.2) is 17.2 Å². The molecule has 0 radical (unpaired) electrons. The zero-order valence-electron chi connectivity index (χ0n) is 6.16. The van der Waals surface area contributed by atoms with Crippen LogP contribution in [0.4, 0.5) is 5.69 Å². The van der Waals surface area contributed by atoms with Gasteiger partial charge in [-0.3, -0.25) is 5.84 Å². The molecule has 4 nitrogen and oxygen atoms in total. The van der Waals surface area contributed by atoms with Gasteiger partial charge in [0.2, 0.25) is 0 Å². The van der Waals surface area contributed by atoms with Crippen LogP contribution in [0.5, 0.6) is 0 Å². The quantitative estimate of drug-likeness (QED) is 0.311. The first-order chi connectivity index (χ1) is 5.63. The normalized spacial score (nSPS) is 9.67. The van der Waals surface area contributed by atoms with Gasteiger partial charge in [-0.05, 0) is 23.7 Å². The van der Waals surface area contributed by atoms with Gasteiger partial charge in [-0.2, -0.15) is 0 Å². The van der Waals surface area contributed by atoms with Crippen LogP contribution in [0.2, 0.25) is 0 Å². The molecule has 0 spiro atoms. The summed E-state index contributed by atoms with van der Waals surface area (Å²) in [4.78, 5) is 0. The van der Waals surface area contributed by atoms with Crippen LogP contribution in [0.3, 0.4) is 0 Å². The highest BCUT2D eigenvalue weighted by Crippen LogP contribution is 2.13. The molecule has 1 aromatic carbocycles. The van der Waals surface area contributed by atoms with Gasteiger partial charge in [0.25, 0.3) is 0 Å². The highest BCUT2D eigenvalue weighted by Gasteiger charge is 2.11. The lowest BCUT2D eigenvalue weighted by Crippen LogP contribution is -2.30. The van der Waals surface area contributed by atoms with Crippen LogP contribution in [0, 0.1) is 0 Å². The lowest BCUT2D eigenvalue weighted by Gasteiger charge is -2.04. The largest absolute Gasteiger partial charge is 0.488 e. The third kappa shape index (κ3) is 2.21. The van der Waals surface area contributed by atoms with E-state index in [-0.39, 0.29) is 0 Å². The summed E-state index contributed by atoms with van der Waals surface area (Å²) in [6.07, 6.45) is 0.